The number of nitrogens with one attached hydrogen (secondary N) is 1. The predicted octanol–water partition coefficient (Wildman–Crippen LogP) is 3.05. The van der Waals surface area contributed by atoms with Crippen molar-refractivity contribution in [3.8, 4) is 0 Å². The van der Waals surface area contributed by atoms with Crippen LogP contribution in [0.2, 0.25) is 10.0 Å². The second-order valence-electron chi connectivity index (χ2n) is 4.20. The lowest BCUT2D eigenvalue weighted by molar-refractivity contribution is -0.392. The number of amides is 1. The van der Waals surface area contributed by atoms with E-state index in [-0.39, 0.29) is 28.1 Å². The number of para-hydroxylation sites is 1. The van der Waals surface area contributed by atoms with E-state index in [1.165, 1.54) is 6.07 Å². The van der Waals surface area contributed by atoms with Crippen LogP contribution in [0.25, 0.3) is 0 Å². The first kappa shape index (κ1) is 15.3. The van der Waals surface area contributed by atoms with Gasteiger partial charge in [-0.2, -0.15) is 0 Å². The molecule has 21 heavy (non-hydrogen) atoms. The Labute approximate surface area is 129 Å². The molecule has 0 fully saturated rings. The van der Waals surface area contributed by atoms with Crippen LogP contribution in [0.5, 0.6) is 0 Å². The number of halogens is 2. The normalized spacial score (nSPS) is 10.4. The first-order chi connectivity index (χ1) is 9.88. The van der Waals surface area contributed by atoms with E-state index in [4.69, 9.17) is 23.2 Å². The Balaban J connectivity index is 2.18. The van der Waals surface area contributed by atoms with Crippen LogP contribution in [0.4, 0.5) is 11.5 Å². The average molecular weight is 329 g/mol. The van der Waals surface area contributed by atoms with Crippen molar-refractivity contribution < 1.29 is 9.72 Å². The second kappa shape index (κ2) is 6.11. The summed E-state index contributed by atoms with van der Waals surface area (Å²) in [6, 6.07) is 6.07. The van der Waals surface area contributed by atoms with Crippen LogP contribution in [0.1, 0.15) is 5.69 Å². The van der Waals surface area contributed by atoms with Crippen LogP contribution >= 0.6 is 23.2 Å². The highest BCUT2D eigenvalue weighted by Crippen LogP contribution is 2.29. The van der Waals surface area contributed by atoms with E-state index >= 15 is 0 Å². The van der Waals surface area contributed by atoms with Crippen LogP contribution in [-0.4, -0.2) is 20.6 Å². The summed E-state index contributed by atoms with van der Waals surface area (Å²) >= 11 is 11.9. The number of nitrogens with zero attached hydrogens (tertiary/aromatic N) is 3. The number of benzene rings is 1. The first-order valence-corrected chi connectivity index (χ1v) is 6.57. The summed E-state index contributed by atoms with van der Waals surface area (Å²) in [5.41, 5.74) is 0.711. The van der Waals surface area contributed by atoms with E-state index in [2.05, 4.69) is 10.4 Å². The summed E-state index contributed by atoms with van der Waals surface area (Å²) in [5, 5.41) is 17.8. The third-order valence-electron chi connectivity index (χ3n) is 2.59. The highest BCUT2D eigenvalue weighted by Gasteiger charge is 2.20. The Hall–Kier alpha value is -2.12. The molecule has 110 valence electrons. The lowest BCUT2D eigenvalue weighted by atomic mass is 10.3. The number of nitro groups is 1. The number of carbonyl (C=O) groups is 1. The van der Waals surface area contributed by atoms with Gasteiger partial charge in [-0.25, -0.2) is 0 Å². The number of aromatic nitrogens is 2. The Morgan fingerprint density at radius 1 is 1.43 bits per heavy atom. The number of hydrogen-bond acceptors (Lipinski definition) is 4. The zero-order valence-electron chi connectivity index (χ0n) is 10.8. The van der Waals surface area contributed by atoms with Crippen molar-refractivity contribution >= 4 is 40.6 Å². The molecular formula is C12H10Cl2N4O3. The molecular weight excluding hydrogens is 319 g/mol. The fraction of sp³-hybridized carbons (Fsp3) is 0.167. The van der Waals surface area contributed by atoms with E-state index in [1.807, 2.05) is 0 Å². The minimum absolute atomic E-state index is 0.257. The van der Waals surface area contributed by atoms with Gasteiger partial charge in [-0.1, -0.05) is 34.4 Å². The smallest absolute Gasteiger partial charge is 0.345 e. The molecule has 0 atom stereocenters. The molecule has 1 N–H and O–H groups in total. The van der Waals surface area contributed by atoms with E-state index < -0.39 is 10.8 Å². The number of carbonyl (C=O) groups excluding carboxylic acids is 1. The van der Waals surface area contributed by atoms with Crippen LogP contribution in [0.15, 0.2) is 24.3 Å². The molecule has 7 nitrogen and oxygen atoms in total. The van der Waals surface area contributed by atoms with Crippen molar-refractivity contribution in [3.63, 3.8) is 0 Å². The maximum atomic E-state index is 12.0. The number of rotatable bonds is 4. The van der Waals surface area contributed by atoms with Gasteiger partial charge in [-0.3, -0.25) is 4.79 Å². The molecule has 0 aliphatic rings. The lowest BCUT2D eigenvalue weighted by Gasteiger charge is -2.08. The van der Waals surface area contributed by atoms with Gasteiger partial charge in [0.2, 0.25) is 0 Å². The molecule has 0 aliphatic heterocycles. The molecule has 1 aromatic heterocycles. The van der Waals surface area contributed by atoms with Gasteiger partial charge in [-0.15, -0.1) is 4.68 Å². The summed E-state index contributed by atoms with van der Waals surface area (Å²) in [4.78, 5) is 22.2. The Kier molecular flexibility index (Phi) is 4.44. The van der Waals surface area contributed by atoms with Crippen LogP contribution in [-0.2, 0) is 11.3 Å². The largest absolute Gasteiger partial charge is 0.358 e. The van der Waals surface area contributed by atoms with Crippen LogP contribution < -0.4 is 5.32 Å². The topological polar surface area (TPSA) is 90.1 Å². The second-order valence-corrected chi connectivity index (χ2v) is 5.02. The van der Waals surface area contributed by atoms with E-state index in [9.17, 15) is 14.9 Å². The molecule has 9 heteroatoms. The van der Waals surface area contributed by atoms with Crippen LogP contribution in [0.3, 0.4) is 0 Å². The van der Waals surface area contributed by atoms with Crippen molar-refractivity contribution in [1.82, 2.24) is 9.78 Å². The van der Waals surface area contributed by atoms with Crippen molar-refractivity contribution in [2.24, 2.45) is 0 Å². The first-order valence-electron chi connectivity index (χ1n) is 5.81. The summed E-state index contributed by atoms with van der Waals surface area (Å²) in [6.07, 6.45) is 0. The highest BCUT2D eigenvalue weighted by atomic mass is 35.5. The quantitative estimate of drug-likeness (QED) is 0.689. The van der Waals surface area contributed by atoms with Gasteiger partial charge in [-0.05, 0) is 24.0 Å². The highest BCUT2D eigenvalue weighted by molar-refractivity contribution is 6.39. The average Bonchev–Trinajstić information content (AvgIpc) is 2.75. The lowest BCUT2D eigenvalue weighted by Crippen LogP contribution is -2.21. The molecule has 0 radical (unpaired) electrons. The Morgan fingerprint density at radius 2 is 2.05 bits per heavy atom. The summed E-state index contributed by atoms with van der Waals surface area (Å²) in [5.74, 6) is -0.774. The van der Waals surface area contributed by atoms with Gasteiger partial charge in [0.1, 0.15) is 0 Å². The molecule has 0 saturated heterocycles. The molecule has 1 heterocycles. The molecule has 0 unspecified atom stereocenters. The molecule has 0 aliphatic carbocycles. The van der Waals surface area contributed by atoms with Gasteiger partial charge in [0.25, 0.3) is 5.91 Å². The van der Waals surface area contributed by atoms with Gasteiger partial charge < -0.3 is 15.4 Å². The molecule has 2 rings (SSSR count). The molecule has 0 spiro atoms. The van der Waals surface area contributed by atoms with Gasteiger partial charge in [0.15, 0.2) is 6.54 Å². The van der Waals surface area contributed by atoms with E-state index in [0.717, 1.165) is 4.68 Å². The maximum Gasteiger partial charge on any atom is 0.345 e. The molecule has 1 aromatic carbocycles. The Bertz CT molecular complexity index is 694. The minimum atomic E-state index is -0.601. The SMILES string of the molecule is Cc1cc([N+](=O)[O-])n(CC(=O)Nc2c(Cl)cccc2Cl)n1. The maximum absolute atomic E-state index is 12.0. The molecule has 2 aromatic rings. The fourth-order valence-electron chi connectivity index (χ4n) is 1.73. The van der Waals surface area contributed by atoms with Crippen molar-refractivity contribution in [2.75, 3.05) is 5.32 Å². The van der Waals surface area contributed by atoms with Crippen molar-refractivity contribution in [1.29, 1.82) is 0 Å². The van der Waals surface area contributed by atoms with Crippen LogP contribution in [0, 0.1) is 17.0 Å². The monoisotopic (exact) mass is 328 g/mol. The number of anilines is 1. The number of hydrogen-bond donors (Lipinski definition) is 1. The Morgan fingerprint density at radius 3 is 2.62 bits per heavy atom. The summed E-state index contributed by atoms with van der Waals surface area (Å²) < 4.78 is 1.01. The molecule has 0 saturated carbocycles. The van der Waals surface area contributed by atoms with Gasteiger partial charge in [0.05, 0.1) is 27.5 Å². The number of aryl methyl sites for hydroxylation is 1. The minimum Gasteiger partial charge on any atom is -0.358 e. The molecule has 0 bridgehead atoms. The zero-order valence-corrected chi connectivity index (χ0v) is 12.4. The van der Waals surface area contributed by atoms with Gasteiger partial charge in [0, 0.05) is 0 Å². The predicted molar refractivity (Wildman–Crippen MR) is 78.7 cm³/mol. The third-order valence-corrected chi connectivity index (χ3v) is 3.22. The zero-order chi connectivity index (χ0) is 15.6. The van der Waals surface area contributed by atoms with Crippen molar-refractivity contribution in [3.05, 3.63) is 50.1 Å². The fourth-order valence-corrected chi connectivity index (χ4v) is 2.22. The summed E-state index contributed by atoms with van der Waals surface area (Å²) in [7, 11) is 0. The van der Waals surface area contributed by atoms with Crippen molar-refractivity contribution in [2.45, 2.75) is 13.5 Å². The summed E-state index contributed by atoms with van der Waals surface area (Å²) in [6.45, 7) is 1.29. The van der Waals surface area contributed by atoms with E-state index in [0.29, 0.717) is 5.69 Å². The van der Waals surface area contributed by atoms with Gasteiger partial charge >= 0.3 is 5.82 Å². The van der Waals surface area contributed by atoms with E-state index in [1.54, 1.807) is 25.1 Å². The third kappa shape index (κ3) is 3.50. The molecule has 1 amide bonds. The standard InChI is InChI=1S/C12H10Cl2N4O3/c1-7-5-11(18(20)21)17(16-7)6-10(19)15-12-8(13)3-2-4-9(12)14/h2-5H,6H2,1H3,(H,15,19).